The van der Waals surface area contributed by atoms with Crippen molar-refractivity contribution in [2.24, 2.45) is 0 Å². The van der Waals surface area contributed by atoms with Crippen molar-refractivity contribution in [3.05, 3.63) is 35.4 Å². The van der Waals surface area contributed by atoms with Gasteiger partial charge in [0, 0.05) is 16.5 Å². The molecule has 8 heteroatoms. The fraction of sp³-hybridized carbons (Fsp3) is 0.292. The molecule has 0 radical (unpaired) electrons. The van der Waals surface area contributed by atoms with E-state index in [1.165, 1.54) is 0 Å². The third-order valence-corrected chi connectivity index (χ3v) is 5.65. The van der Waals surface area contributed by atoms with Crippen LogP contribution in [0.2, 0.25) is 0 Å². The molecule has 2 heterocycles. The molecule has 2 aliphatic rings. The van der Waals surface area contributed by atoms with E-state index in [2.05, 4.69) is 0 Å². The minimum atomic E-state index is -0.413. The minimum absolute atomic E-state index is 0.130. The SMILES string of the molecule is CCOc1c2c(c(-c3cc(OC)c(OC)c(OC)c3)c3cc4c(cc13)OCO4)C(=O)OC2. The van der Waals surface area contributed by atoms with Crippen LogP contribution in [-0.2, 0) is 11.3 Å². The Morgan fingerprint density at radius 1 is 0.812 bits per heavy atom. The minimum Gasteiger partial charge on any atom is -0.493 e. The van der Waals surface area contributed by atoms with Crippen molar-refractivity contribution in [3.8, 4) is 45.6 Å². The Balaban J connectivity index is 1.91. The fourth-order valence-corrected chi connectivity index (χ4v) is 4.31. The van der Waals surface area contributed by atoms with Gasteiger partial charge in [-0.05, 0) is 42.1 Å². The predicted octanol–water partition coefficient (Wildman–Crippen LogP) is 4.33. The van der Waals surface area contributed by atoms with Crippen LogP contribution < -0.4 is 28.4 Å². The Morgan fingerprint density at radius 3 is 2.06 bits per heavy atom. The Kier molecular flexibility index (Phi) is 4.84. The predicted molar refractivity (Wildman–Crippen MR) is 115 cm³/mol. The molecular formula is C24H22O8. The van der Waals surface area contributed by atoms with Gasteiger partial charge in [0.05, 0.1) is 33.5 Å². The highest BCUT2D eigenvalue weighted by Crippen LogP contribution is 2.50. The summed E-state index contributed by atoms with van der Waals surface area (Å²) in [6.07, 6.45) is 0. The van der Waals surface area contributed by atoms with Gasteiger partial charge in [-0.3, -0.25) is 0 Å². The maximum absolute atomic E-state index is 12.9. The number of esters is 1. The van der Waals surface area contributed by atoms with Gasteiger partial charge in [-0.1, -0.05) is 0 Å². The summed E-state index contributed by atoms with van der Waals surface area (Å²) in [4.78, 5) is 12.9. The number of rotatable bonds is 6. The topological polar surface area (TPSA) is 81.7 Å². The first-order valence-corrected chi connectivity index (χ1v) is 10.1. The molecule has 0 atom stereocenters. The van der Waals surface area contributed by atoms with Crippen molar-refractivity contribution in [1.29, 1.82) is 0 Å². The molecule has 32 heavy (non-hydrogen) atoms. The van der Waals surface area contributed by atoms with Crippen LogP contribution in [0.4, 0.5) is 0 Å². The lowest BCUT2D eigenvalue weighted by atomic mass is 9.89. The van der Waals surface area contributed by atoms with Crippen LogP contribution in [0, 0.1) is 0 Å². The average molecular weight is 438 g/mol. The summed E-state index contributed by atoms with van der Waals surface area (Å²) in [6.45, 7) is 2.60. The normalized spacial score (nSPS) is 13.7. The molecule has 0 saturated carbocycles. The molecule has 0 saturated heterocycles. The van der Waals surface area contributed by atoms with Crippen molar-refractivity contribution >= 4 is 16.7 Å². The lowest BCUT2D eigenvalue weighted by Gasteiger charge is -2.19. The van der Waals surface area contributed by atoms with Crippen molar-refractivity contribution in [2.75, 3.05) is 34.7 Å². The smallest absolute Gasteiger partial charge is 0.339 e. The summed E-state index contributed by atoms with van der Waals surface area (Å²) in [6, 6.07) is 7.37. The molecule has 0 fully saturated rings. The summed E-state index contributed by atoms with van der Waals surface area (Å²) >= 11 is 0. The van der Waals surface area contributed by atoms with E-state index in [4.69, 9.17) is 33.2 Å². The first kappa shape index (κ1) is 20.1. The number of fused-ring (bicyclic) bond motifs is 3. The quantitative estimate of drug-likeness (QED) is 0.526. The zero-order chi connectivity index (χ0) is 22.4. The van der Waals surface area contributed by atoms with Crippen LogP contribution >= 0.6 is 0 Å². The molecule has 2 aliphatic heterocycles. The molecule has 3 aromatic carbocycles. The largest absolute Gasteiger partial charge is 0.493 e. The van der Waals surface area contributed by atoms with Crippen LogP contribution in [0.5, 0.6) is 34.5 Å². The van der Waals surface area contributed by atoms with Gasteiger partial charge in [-0.2, -0.15) is 0 Å². The highest BCUT2D eigenvalue weighted by Gasteiger charge is 2.34. The molecule has 0 spiro atoms. The summed E-state index contributed by atoms with van der Waals surface area (Å²) < 4.78 is 39.2. The van der Waals surface area contributed by atoms with E-state index in [1.54, 1.807) is 21.3 Å². The van der Waals surface area contributed by atoms with Gasteiger partial charge in [0.25, 0.3) is 0 Å². The van der Waals surface area contributed by atoms with Crippen molar-refractivity contribution in [3.63, 3.8) is 0 Å². The lowest BCUT2D eigenvalue weighted by molar-refractivity contribution is 0.0534. The van der Waals surface area contributed by atoms with E-state index in [1.807, 2.05) is 31.2 Å². The third kappa shape index (κ3) is 2.86. The Hall–Kier alpha value is -3.81. The second-order valence-electron chi connectivity index (χ2n) is 7.23. The first-order valence-electron chi connectivity index (χ1n) is 10.1. The molecule has 0 aliphatic carbocycles. The Morgan fingerprint density at radius 2 is 1.47 bits per heavy atom. The first-order chi connectivity index (χ1) is 15.6. The zero-order valence-electron chi connectivity index (χ0n) is 18.2. The van der Waals surface area contributed by atoms with Gasteiger partial charge < -0.3 is 33.2 Å². The highest BCUT2D eigenvalue weighted by atomic mass is 16.7. The van der Waals surface area contributed by atoms with E-state index in [0.717, 1.165) is 10.8 Å². The number of benzene rings is 3. The van der Waals surface area contributed by atoms with Crippen LogP contribution in [0.15, 0.2) is 24.3 Å². The maximum Gasteiger partial charge on any atom is 0.339 e. The molecule has 5 rings (SSSR count). The second-order valence-corrected chi connectivity index (χ2v) is 7.23. The molecule has 0 bridgehead atoms. The fourth-order valence-electron chi connectivity index (χ4n) is 4.31. The summed E-state index contributed by atoms with van der Waals surface area (Å²) in [7, 11) is 4.64. The average Bonchev–Trinajstić information content (AvgIpc) is 3.43. The highest BCUT2D eigenvalue weighted by molar-refractivity contribution is 6.14. The van der Waals surface area contributed by atoms with Crippen LogP contribution in [0.25, 0.3) is 21.9 Å². The summed E-state index contributed by atoms with van der Waals surface area (Å²) in [5.41, 5.74) is 2.54. The number of carbonyl (C=O) groups excluding carboxylic acids is 1. The van der Waals surface area contributed by atoms with E-state index in [0.29, 0.717) is 63.4 Å². The van der Waals surface area contributed by atoms with Crippen LogP contribution in [0.3, 0.4) is 0 Å². The number of hydrogen-bond acceptors (Lipinski definition) is 8. The van der Waals surface area contributed by atoms with Gasteiger partial charge in [0.1, 0.15) is 12.4 Å². The molecule has 166 valence electrons. The maximum atomic E-state index is 12.9. The lowest BCUT2D eigenvalue weighted by Crippen LogP contribution is -2.03. The van der Waals surface area contributed by atoms with Gasteiger partial charge in [0.2, 0.25) is 12.5 Å². The number of hydrogen-bond donors (Lipinski definition) is 0. The standard InChI is InChI=1S/C24H22O8/c1-5-29-22-14-9-17-16(31-11-32-17)8-13(14)20(21-15(22)10-30-24(21)25)12-6-18(26-2)23(28-4)19(7-12)27-3/h6-9H,5,10-11H2,1-4H3. The summed E-state index contributed by atoms with van der Waals surface area (Å²) in [5.74, 6) is 2.84. The third-order valence-electron chi connectivity index (χ3n) is 5.65. The molecule has 0 aromatic heterocycles. The monoisotopic (exact) mass is 438 g/mol. The Bertz CT molecular complexity index is 1220. The second kappa shape index (κ2) is 7.71. The van der Waals surface area contributed by atoms with Gasteiger partial charge in [-0.25, -0.2) is 4.79 Å². The van der Waals surface area contributed by atoms with Gasteiger partial charge in [-0.15, -0.1) is 0 Å². The number of ether oxygens (including phenoxy) is 7. The molecule has 3 aromatic rings. The molecular weight excluding hydrogens is 416 g/mol. The summed E-state index contributed by atoms with van der Waals surface area (Å²) in [5, 5.41) is 1.57. The van der Waals surface area contributed by atoms with E-state index in [9.17, 15) is 4.79 Å². The van der Waals surface area contributed by atoms with Crippen molar-refractivity contribution in [1.82, 2.24) is 0 Å². The molecule has 0 N–H and O–H groups in total. The Labute approximate surface area is 184 Å². The molecule has 0 unspecified atom stereocenters. The zero-order valence-corrected chi connectivity index (χ0v) is 18.2. The van der Waals surface area contributed by atoms with Crippen molar-refractivity contribution in [2.45, 2.75) is 13.5 Å². The van der Waals surface area contributed by atoms with Crippen LogP contribution in [0.1, 0.15) is 22.8 Å². The van der Waals surface area contributed by atoms with Crippen molar-refractivity contribution < 1.29 is 38.0 Å². The van der Waals surface area contributed by atoms with E-state index in [-0.39, 0.29) is 13.4 Å². The number of cyclic esters (lactones) is 1. The van der Waals surface area contributed by atoms with E-state index < -0.39 is 5.97 Å². The molecule has 0 amide bonds. The number of methoxy groups -OCH3 is 3. The van der Waals surface area contributed by atoms with Gasteiger partial charge >= 0.3 is 5.97 Å². The van der Waals surface area contributed by atoms with Gasteiger partial charge in [0.15, 0.2) is 23.0 Å². The molecule has 8 nitrogen and oxygen atoms in total. The van der Waals surface area contributed by atoms with E-state index >= 15 is 0 Å². The van der Waals surface area contributed by atoms with Crippen LogP contribution in [-0.4, -0.2) is 40.7 Å². The number of carbonyl (C=O) groups is 1.